The number of amides is 1. The van der Waals surface area contributed by atoms with Crippen molar-refractivity contribution in [3.8, 4) is 0 Å². The first-order valence-corrected chi connectivity index (χ1v) is 8.08. The summed E-state index contributed by atoms with van der Waals surface area (Å²) in [5.41, 5.74) is 0.738. The molecule has 0 aromatic carbocycles. The second-order valence-electron chi connectivity index (χ2n) is 4.59. The molecule has 6 nitrogen and oxygen atoms in total. The van der Waals surface area contributed by atoms with Crippen LogP contribution in [0.4, 0.5) is 0 Å². The third-order valence-corrected chi connectivity index (χ3v) is 4.85. The van der Waals surface area contributed by atoms with E-state index in [1.807, 2.05) is 0 Å². The number of halogens is 1. The van der Waals surface area contributed by atoms with E-state index in [1.165, 1.54) is 6.07 Å². The fourth-order valence-electron chi connectivity index (χ4n) is 2.04. The van der Waals surface area contributed by atoms with Gasteiger partial charge in [0, 0.05) is 11.7 Å². The molecule has 1 aliphatic heterocycles. The predicted octanol–water partition coefficient (Wildman–Crippen LogP) is 0.745. The van der Waals surface area contributed by atoms with E-state index in [9.17, 15) is 13.2 Å². The third-order valence-electron chi connectivity index (χ3n) is 2.86. The van der Waals surface area contributed by atoms with Gasteiger partial charge in [0.1, 0.15) is 5.69 Å². The lowest BCUT2D eigenvalue weighted by Gasteiger charge is -2.22. The number of rotatable bonds is 2. The number of aromatic nitrogens is 2. The lowest BCUT2D eigenvalue weighted by Crippen LogP contribution is -2.43. The molecule has 8 heteroatoms. The Kier molecular flexibility index (Phi) is 4.05. The van der Waals surface area contributed by atoms with Crippen molar-refractivity contribution < 1.29 is 13.2 Å². The Hall–Kier alpha value is -1.21. The first kappa shape index (κ1) is 14.2. The van der Waals surface area contributed by atoms with Gasteiger partial charge in [0.25, 0.3) is 5.91 Å². The average Bonchev–Trinajstić information content (AvgIpc) is 2.26. The monoisotopic (exact) mass is 303 g/mol. The van der Waals surface area contributed by atoms with Crippen LogP contribution in [0.5, 0.6) is 0 Å². The molecule has 0 radical (unpaired) electrons. The van der Waals surface area contributed by atoms with Crippen LogP contribution in [0.2, 0.25) is 5.28 Å². The van der Waals surface area contributed by atoms with Crippen LogP contribution in [0.1, 0.15) is 29.0 Å². The highest BCUT2D eigenvalue weighted by molar-refractivity contribution is 7.91. The molecule has 1 N–H and O–H groups in total. The molecule has 2 heterocycles. The van der Waals surface area contributed by atoms with Gasteiger partial charge in [-0.15, -0.1) is 0 Å². The summed E-state index contributed by atoms with van der Waals surface area (Å²) in [6.07, 6.45) is 1.22. The lowest BCUT2D eigenvalue weighted by atomic mass is 10.2. The van der Waals surface area contributed by atoms with Crippen LogP contribution in [-0.4, -0.2) is 41.8 Å². The number of sulfone groups is 1. The molecular weight excluding hydrogens is 290 g/mol. The minimum Gasteiger partial charge on any atom is -0.347 e. The molecule has 1 atom stereocenters. The van der Waals surface area contributed by atoms with E-state index >= 15 is 0 Å². The van der Waals surface area contributed by atoms with Gasteiger partial charge < -0.3 is 5.32 Å². The van der Waals surface area contributed by atoms with Crippen molar-refractivity contribution >= 4 is 27.3 Å². The van der Waals surface area contributed by atoms with Crippen molar-refractivity contribution in [1.29, 1.82) is 0 Å². The lowest BCUT2D eigenvalue weighted by molar-refractivity contribution is 0.0933. The average molecular weight is 304 g/mol. The van der Waals surface area contributed by atoms with Gasteiger partial charge in [0.15, 0.2) is 9.84 Å². The summed E-state index contributed by atoms with van der Waals surface area (Å²) in [7, 11) is -3.05. The van der Waals surface area contributed by atoms with Crippen LogP contribution in [0, 0.1) is 6.92 Å². The largest absolute Gasteiger partial charge is 0.347 e. The van der Waals surface area contributed by atoms with Crippen molar-refractivity contribution in [3.05, 3.63) is 22.7 Å². The summed E-state index contributed by atoms with van der Waals surface area (Å²) in [6, 6.07) is 1.15. The van der Waals surface area contributed by atoms with E-state index in [4.69, 9.17) is 11.6 Å². The Morgan fingerprint density at radius 1 is 1.47 bits per heavy atom. The topological polar surface area (TPSA) is 89.0 Å². The zero-order valence-corrected chi connectivity index (χ0v) is 12.0. The van der Waals surface area contributed by atoms with Gasteiger partial charge in [-0.25, -0.2) is 18.4 Å². The zero-order valence-electron chi connectivity index (χ0n) is 10.4. The summed E-state index contributed by atoms with van der Waals surface area (Å²) < 4.78 is 23.0. The Bertz CT molecular complexity index is 583. The maximum atomic E-state index is 12.0. The Morgan fingerprint density at radius 3 is 2.84 bits per heavy atom. The van der Waals surface area contributed by atoms with Crippen LogP contribution in [0.15, 0.2) is 6.07 Å². The second-order valence-corrected chi connectivity index (χ2v) is 7.16. The fraction of sp³-hybridized carbons (Fsp3) is 0.545. The van der Waals surface area contributed by atoms with Crippen LogP contribution < -0.4 is 5.32 Å². The number of hydrogen-bond acceptors (Lipinski definition) is 5. The molecule has 19 heavy (non-hydrogen) atoms. The highest BCUT2D eigenvalue weighted by atomic mass is 35.5. The molecule has 1 unspecified atom stereocenters. The minimum absolute atomic E-state index is 0.00131. The van der Waals surface area contributed by atoms with Gasteiger partial charge in [0.2, 0.25) is 5.28 Å². The van der Waals surface area contributed by atoms with Crippen molar-refractivity contribution in [2.45, 2.75) is 25.8 Å². The minimum atomic E-state index is -3.05. The SMILES string of the molecule is Cc1cc(C(=O)NC2CCCS(=O)(=O)C2)nc(Cl)n1. The molecule has 1 aromatic rings. The second kappa shape index (κ2) is 5.42. The molecule has 0 saturated carbocycles. The fourth-order valence-corrected chi connectivity index (χ4v) is 3.91. The number of hydrogen-bond donors (Lipinski definition) is 1. The first-order valence-electron chi connectivity index (χ1n) is 5.88. The molecule has 0 bridgehead atoms. The van der Waals surface area contributed by atoms with Crippen LogP contribution in [-0.2, 0) is 9.84 Å². The quantitative estimate of drug-likeness (QED) is 0.814. The molecule has 0 aliphatic carbocycles. The summed E-state index contributed by atoms with van der Waals surface area (Å²) in [4.78, 5) is 19.7. The third kappa shape index (κ3) is 3.87. The number of aryl methyl sites for hydroxylation is 1. The van der Waals surface area contributed by atoms with Crippen LogP contribution >= 0.6 is 11.6 Å². The van der Waals surface area contributed by atoms with Gasteiger partial charge >= 0.3 is 0 Å². The molecule has 2 rings (SSSR count). The molecule has 1 amide bonds. The standard InChI is InChI=1S/C11H14ClN3O3S/c1-7-5-9(15-11(12)13-7)10(16)14-8-3-2-4-19(17,18)6-8/h5,8H,2-4,6H2,1H3,(H,14,16). The van der Waals surface area contributed by atoms with E-state index in [2.05, 4.69) is 15.3 Å². The summed E-state index contributed by atoms with van der Waals surface area (Å²) in [5, 5.41) is 2.68. The summed E-state index contributed by atoms with van der Waals surface area (Å²) >= 11 is 5.68. The Labute approximate surface area is 116 Å². The van der Waals surface area contributed by atoms with Crippen molar-refractivity contribution in [3.63, 3.8) is 0 Å². The molecular formula is C11H14ClN3O3S. The summed E-state index contributed by atoms with van der Waals surface area (Å²) in [5.74, 6) is -0.247. The van der Waals surface area contributed by atoms with E-state index < -0.39 is 15.7 Å². The molecule has 1 aromatic heterocycles. The van der Waals surface area contributed by atoms with E-state index in [0.29, 0.717) is 18.5 Å². The maximum Gasteiger partial charge on any atom is 0.270 e. The maximum absolute atomic E-state index is 12.0. The predicted molar refractivity (Wildman–Crippen MR) is 70.9 cm³/mol. The number of nitrogens with one attached hydrogen (secondary N) is 1. The molecule has 1 aliphatic rings. The van der Waals surface area contributed by atoms with Gasteiger partial charge in [0.05, 0.1) is 11.5 Å². The van der Waals surface area contributed by atoms with Crippen LogP contribution in [0.3, 0.4) is 0 Å². The smallest absolute Gasteiger partial charge is 0.270 e. The van der Waals surface area contributed by atoms with Gasteiger partial charge in [-0.2, -0.15) is 0 Å². The Balaban J connectivity index is 2.08. The zero-order chi connectivity index (χ0) is 14.0. The first-order chi connectivity index (χ1) is 8.85. The van der Waals surface area contributed by atoms with Gasteiger partial charge in [-0.05, 0) is 37.4 Å². The highest BCUT2D eigenvalue weighted by Crippen LogP contribution is 2.13. The van der Waals surface area contributed by atoms with Gasteiger partial charge in [-0.1, -0.05) is 0 Å². The molecule has 1 saturated heterocycles. The van der Waals surface area contributed by atoms with Crippen molar-refractivity contribution in [1.82, 2.24) is 15.3 Å². The van der Waals surface area contributed by atoms with Crippen molar-refractivity contribution in [2.24, 2.45) is 0 Å². The normalized spacial score (nSPS) is 21.9. The molecule has 0 spiro atoms. The molecule has 104 valence electrons. The Morgan fingerprint density at radius 2 is 2.21 bits per heavy atom. The van der Waals surface area contributed by atoms with Crippen LogP contribution in [0.25, 0.3) is 0 Å². The number of carbonyl (C=O) groups is 1. The summed E-state index contributed by atoms with van der Waals surface area (Å²) in [6.45, 7) is 1.70. The van der Waals surface area contributed by atoms with Crippen molar-refractivity contribution in [2.75, 3.05) is 11.5 Å². The number of carbonyl (C=O) groups excluding carboxylic acids is 1. The number of nitrogens with zero attached hydrogens (tertiary/aromatic N) is 2. The van der Waals surface area contributed by atoms with Gasteiger partial charge in [-0.3, -0.25) is 4.79 Å². The van der Waals surface area contributed by atoms with E-state index in [-0.39, 0.29) is 28.5 Å². The highest BCUT2D eigenvalue weighted by Gasteiger charge is 2.26. The van der Waals surface area contributed by atoms with E-state index in [0.717, 1.165) is 0 Å². The van der Waals surface area contributed by atoms with E-state index in [1.54, 1.807) is 6.92 Å². The molecule has 1 fully saturated rings.